The molecule has 0 saturated heterocycles. The second-order valence-electron chi connectivity index (χ2n) is 4.22. The maximum absolute atomic E-state index is 11.7. The zero-order valence-corrected chi connectivity index (χ0v) is 10.5. The van der Waals surface area contributed by atoms with Crippen molar-refractivity contribution in [1.82, 2.24) is 5.32 Å². The lowest BCUT2D eigenvalue weighted by Crippen LogP contribution is -2.47. The number of hydrogen-bond acceptors (Lipinski definition) is 3. The van der Waals surface area contributed by atoms with Gasteiger partial charge in [-0.2, -0.15) is 11.8 Å². The van der Waals surface area contributed by atoms with Gasteiger partial charge in [-0.15, -0.1) is 0 Å². The third-order valence-electron chi connectivity index (χ3n) is 3.13. The van der Waals surface area contributed by atoms with E-state index in [9.17, 15) is 9.59 Å². The fraction of sp³-hybridized carbons (Fsp3) is 0.818. The summed E-state index contributed by atoms with van der Waals surface area (Å²) in [5.74, 6) is -1.25. The van der Waals surface area contributed by atoms with Crippen LogP contribution in [-0.4, -0.2) is 34.5 Å². The highest BCUT2D eigenvalue weighted by Gasteiger charge is 2.32. The van der Waals surface area contributed by atoms with Gasteiger partial charge in [-0.25, -0.2) is 0 Å². The Kier molecular flexibility index (Phi) is 5.12. The van der Waals surface area contributed by atoms with E-state index in [0.717, 1.165) is 19.3 Å². The molecule has 4 nitrogen and oxygen atoms in total. The van der Waals surface area contributed by atoms with Crippen LogP contribution in [0.15, 0.2) is 0 Å². The number of thioether (sulfide) groups is 1. The van der Waals surface area contributed by atoms with Crippen LogP contribution in [-0.2, 0) is 9.59 Å². The summed E-state index contributed by atoms with van der Waals surface area (Å²) in [5.41, 5.74) is 0. The van der Waals surface area contributed by atoms with E-state index in [-0.39, 0.29) is 17.2 Å². The molecule has 3 atom stereocenters. The molecule has 0 spiro atoms. The van der Waals surface area contributed by atoms with E-state index in [4.69, 9.17) is 5.11 Å². The number of carboxylic acids is 1. The number of rotatable bonds is 4. The Labute approximate surface area is 100 Å². The van der Waals surface area contributed by atoms with Crippen molar-refractivity contribution >= 4 is 23.6 Å². The molecule has 92 valence electrons. The Balaban J connectivity index is 2.56. The van der Waals surface area contributed by atoms with Crippen molar-refractivity contribution < 1.29 is 14.7 Å². The maximum atomic E-state index is 11.7. The van der Waals surface area contributed by atoms with Crippen molar-refractivity contribution in [3.05, 3.63) is 0 Å². The minimum absolute atomic E-state index is 0.0503. The molecule has 1 fully saturated rings. The molecule has 16 heavy (non-hydrogen) atoms. The van der Waals surface area contributed by atoms with Gasteiger partial charge in [-0.3, -0.25) is 9.59 Å². The molecule has 3 unspecified atom stereocenters. The summed E-state index contributed by atoms with van der Waals surface area (Å²) in [4.78, 5) is 22.7. The molecule has 1 aliphatic carbocycles. The van der Waals surface area contributed by atoms with Crippen molar-refractivity contribution in [2.75, 3.05) is 6.26 Å². The smallest absolute Gasteiger partial charge is 0.308 e. The van der Waals surface area contributed by atoms with Crippen molar-refractivity contribution in [2.45, 2.75) is 43.9 Å². The van der Waals surface area contributed by atoms with E-state index in [1.807, 2.05) is 13.2 Å². The van der Waals surface area contributed by atoms with Crippen LogP contribution in [0.25, 0.3) is 0 Å². The Morgan fingerprint density at radius 1 is 1.38 bits per heavy atom. The Bertz CT molecular complexity index is 270. The summed E-state index contributed by atoms with van der Waals surface area (Å²) < 4.78 is 0. The van der Waals surface area contributed by atoms with Gasteiger partial charge in [-0.1, -0.05) is 12.8 Å². The number of carboxylic acid groups (broad SMARTS) is 1. The number of amides is 1. The van der Waals surface area contributed by atoms with Gasteiger partial charge in [-0.05, 0) is 26.0 Å². The lowest BCUT2D eigenvalue weighted by atomic mass is 9.84. The summed E-state index contributed by atoms with van der Waals surface area (Å²) in [6.07, 6.45) is 5.28. The molecular formula is C11H19NO3S. The molecule has 0 heterocycles. The highest BCUT2D eigenvalue weighted by molar-refractivity contribution is 7.99. The first-order valence-corrected chi connectivity index (χ1v) is 6.91. The number of nitrogens with one attached hydrogen (secondary N) is 1. The van der Waals surface area contributed by atoms with Gasteiger partial charge in [0.1, 0.15) is 0 Å². The number of aliphatic carboxylic acids is 1. The first-order chi connectivity index (χ1) is 7.56. The molecule has 2 N–H and O–H groups in total. The Morgan fingerprint density at radius 2 is 2.00 bits per heavy atom. The summed E-state index contributed by atoms with van der Waals surface area (Å²) >= 11 is 1.47. The second-order valence-corrected chi connectivity index (χ2v) is 5.40. The fourth-order valence-electron chi connectivity index (χ4n) is 2.01. The molecule has 5 heteroatoms. The predicted molar refractivity (Wildman–Crippen MR) is 64.5 cm³/mol. The average Bonchev–Trinajstić information content (AvgIpc) is 2.28. The third kappa shape index (κ3) is 3.40. The van der Waals surface area contributed by atoms with Crippen LogP contribution in [0.2, 0.25) is 0 Å². The first-order valence-electron chi connectivity index (χ1n) is 5.62. The number of carbonyl (C=O) groups is 2. The van der Waals surface area contributed by atoms with Gasteiger partial charge in [0, 0.05) is 6.04 Å². The predicted octanol–water partition coefficient (Wildman–Crippen LogP) is 1.50. The van der Waals surface area contributed by atoms with Gasteiger partial charge < -0.3 is 10.4 Å². The molecule has 0 aromatic heterocycles. The van der Waals surface area contributed by atoms with Crippen molar-refractivity contribution in [3.8, 4) is 0 Å². The summed E-state index contributed by atoms with van der Waals surface area (Å²) in [6.45, 7) is 1.83. The van der Waals surface area contributed by atoms with Crippen LogP contribution in [0.5, 0.6) is 0 Å². The molecule has 0 aliphatic heterocycles. The van der Waals surface area contributed by atoms with Crippen LogP contribution >= 0.6 is 11.8 Å². The molecule has 0 aromatic rings. The minimum atomic E-state index is -0.790. The van der Waals surface area contributed by atoms with E-state index < -0.39 is 11.9 Å². The molecular weight excluding hydrogens is 226 g/mol. The third-order valence-corrected chi connectivity index (χ3v) is 4.05. The van der Waals surface area contributed by atoms with Gasteiger partial charge in [0.2, 0.25) is 5.91 Å². The van der Waals surface area contributed by atoms with Crippen LogP contribution in [0.3, 0.4) is 0 Å². The van der Waals surface area contributed by atoms with Crippen LogP contribution < -0.4 is 5.32 Å². The number of carbonyl (C=O) groups excluding carboxylic acids is 1. The normalized spacial score (nSPS) is 27.1. The zero-order chi connectivity index (χ0) is 12.1. The highest BCUT2D eigenvalue weighted by atomic mass is 32.2. The van der Waals surface area contributed by atoms with Gasteiger partial charge in [0.25, 0.3) is 0 Å². The first kappa shape index (κ1) is 13.4. The summed E-state index contributed by atoms with van der Waals surface area (Å²) in [6, 6.07) is -0.187. The maximum Gasteiger partial charge on any atom is 0.308 e. The van der Waals surface area contributed by atoms with Crippen molar-refractivity contribution in [2.24, 2.45) is 5.92 Å². The van der Waals surface area contributed by atoms with Crippen molar-refractivity contribution in [1.29, 1.82) is 0 Å². The molecule has 0 bridgehead atoms. The van der Waals surface area contributed by atoms with Gasteiger partial charge >= 0.3 is 5.97 Å². The van der Waals surface area contributed by atoms with Crippen LogP contribution in [0.4, 0.5) is 0 Å². The molecule has 1 saturated carbocycles. The van der Waals surface area contributed by atoms with E-state index in [0.29, 0.717) is 6.42 Å². The topological polar surface area (TPSA) is 66.4 Å². The van der Waals surface area contributed by atoms with Crippen LogP contribution in [0, 0.1) is 5.92 Å². The monoisotopic (exact) mass is 245 g/mol. The largest absolute Gasteiger partial charge is 0.481 e. The SMILES string of the molecule is CSC(C)C(=O)NC1CCCCC1C(=O)O. The Morgan fingerprint density at radius 3 is 2.56 bits per heavy atom. The van der Waals surface area contributed by atoms with E-state index >= 15 is 0 Å². The van der Waals surface area contributed by atoms with Gasteiger partial charge in [0.15, 0.2) is 0 Å². The standard InChI is InChI=1S/C11H19NO3S/c1-7(16-2)10(13)12-9-6-4-3-5-8(9)11(14)15/h7-9H,3-6H2,1-2H3,(H,12,13)(H,14,15). The molecule has 1 aliphatic rings. The molecule has 0 radical (unpaired) electrons. The lowest BCUT2D eigenvalue weighted by Gasteiger charge is -2.29. The summed E-state index contributed by atoms with van der Waals surface area (Å²) in [7, 11) is 0. The average molecular weight is 245 g/mol. The van der Waals surface area contributed by atoms with Gasteiger partial charge in [0.05, 0.1) is 11.2 Å². The quantitative estimate of drug-likeness (QED) is 0.787. The lowest BCUT2D eigenvalue weighted by molar-refractivity contribution is -0.144. The molecule has 1 amide bonds. The highest BCUT2D eigenvalue weighted by Crippen LogP contribution is 2.25. The van der Waals surface area contributed by atoms with Crippen molar-refractivity contribution in [3.63, 3.8) is 0 Å². The minimum Gasteiger partial charge on any atom is -0.481 e. The fourth-order valence-corrected chi connectivity index (χ4v) is 2.29. The van der Waals surface area contributed by atoms with E-state index in [2.05, 4.69) is 5.32 Å². The Hall–Kier alpha value is -0.710. The summed E-state index contributed by atoms with van der Waals surface area (Å²) in [5, 5.41) is 11.8. The molecule has 1 rings (SSSR count). The van der Waals surface area contributed by atoms with E-state index in [1.54, 1.807) is 0 Å². The molecule has 0 aromatic carbocycles. The number of hydrogen-bond donors (Lipinski definition) is 2. The van der Waals surface area contributed by atoms with E-state index in [1.165, 1.54) is 11.8 Å². The zero-order valence-electron chi connectivity index (χ0n) is 9.73. The van der Waals surface area contributed by atoms with Crippen LogP contribution in [0.1, 0.15) is 32.6 Å². The second kappa shape index (κ2) is 6.13.